The van der Waals surface area contributed by atoms with E-state index in [1.54, 1.807) is 0 Å². The van der Waals surface area contributed by atoms with Crippen molar-refractivity contribution in [3.05, 3.63) is 54.6 Å². The lowest BCUT2D eigenvalue weighted by Gasteiger charge is -2.21. The number of para-hydroxylation sites is 1. The van der Waals surface area contributed by atoms with Crippen molar-refractivity contribution in [1.82, 2.24) is 10.2 Å². The molecule has 1 aliphatic rings. The molecule has 1 atom stereocenters. The Morgan fingerprint density at radius 3 is 2.57 bits per heavy atom. The number of hydrogen-bond donors (Lipinski definition) is 2. The van der Waals surface area contributed by atoms with Crippen LogP contribution >= 0.6 is 23.1 Å². The number of carbonyl (C=O) groups excluding carboxylic acids is 1. The van der Waals surface area contributed by atoms with Gasteiger partial charge in [0, 0.05) is 17.3 Å². The zero-order chi connectivity index (χ0) is 20.8. The molecule has 1 amide bonds. The van der Waals surface area contributed by atoms with Crippen LogP contribution in [0.2, 0.25) is 0 Å². The topological polar surface area (TPSA) is 66.9 Å². The van der Waals surface area contributed by atoms with Crippen LogP contribution in [0.1, 0.15) is 39.0 Å². The molecule has 0 saturated heterocycles. The first-order chi connectivity index (χ1) is 14.7. The monoisotopic (exact) mass is 438 g/mol. The number of thioether (sulfide) groups is 1. The molecule has 1 unspecified atom stereocenters. The van der Waals surface area contributed by atoms with Crippen LogP contribution in [0.4, 0.5) is 10.8 Å². The molecule has 0 spiro atoms. The van der Waals surface area contributed by atoms with E-state index in [2.05, 4.69) is 20.8 Å². The van der Waals surface area contributed by atoms with E-state index in [1.165, 1.54) is 55.2 Å². The first kappa shape index (κ1) is 20.9. The highest BCUT2D eigenvalue weighted by atomic mass is 32.2. The standard InChI is InChI=1S/C23H26N4OS2/c1-16(29-23-27-26-22(30-23)24-18-12-6-3-7-13-18)21(28)25-20-15-9-8-14-19(20)17-10-4-2-5-11-17/h2,4-5,8-11,14-16,18H,3,6-7,12-13H2,1H3,(H,24,26)(H,25,28). The molecule has 30 heavy (non-hydrogen) atoms. The van der Waals surface area contributed by atoms with E-state index in [0.717, 1.165) is 26.3 Å². The van der Waals surface area contributed by atoms with Gasteiger partial charge in [0.25, 0.3) is 0 Å². The van der Waals surface area contributed by atoms with Crippen LogP contribution < -0.4 is 10.6 Å². The van der Waals surface area contributed by atoms with Gasteiger partial charge >= 0.3 is 0 Å². The molecule has 0 radical (unpaired) electrons. The van der Waals surface area contributed by atoms with Crippen LogP contribution in [0.5, 0.6) is 0 Å². The third kappa shape index (κ3) is 5.40. The third-order valence-corrected chi connectivity index (χ3v) is 7.29. The Bertz CT molecular complexity index is 970. The quantitative estimate of drug-likeness (QED) is 0.438. The maximum Gasteiger partial charge on any atom is 0.237 e. The second-order valence-corrected chi connectivity index (χ2v) is 10.1. The van der Waals surface area contributed by atoms with E-state index < -0.39 is 0 Å². The average Bonchev–Trinajstić information content (AvgIpc) is 3.22. The molecule has 3 aromatic rings. The van der Waals surface area contributed by atoms with Crippen LogP contribution in [-0.4, -0.2) is 27.4 Å². The molecule has 1 saturated carbocycles. The Morgan fingerprint density at radius 2 is 1.77 bits per heavy atom. The molecule has 1 aromatic heterocycles. The minimum absolute atomic E-state index is 0.0413. The van der Waals surface area contributed by atoms with E-state index in [-0.39, 0.29) is 11.2 Å². The van der Waals surface area contributed by atoms with Gasteiger partial charge in [-0.3, -0.25) is 4.79 Å². The van der Waals surface area contributed by atoms with Crippen molar-refractivity contribution in [2.45, 2.75) is 54.7 Å². The number of aromatic nitrogens is 2. The molecular weight excluding hydrogens is 412 g/mol. The lowest BCUT2D eigenvalue weighted by molar-refractivity contribution is -0.115. The predicted octanol–water partition coefficient (Wildman–Crippen LogP) is 6.07. The number of carbonyl (C=O) groups is 1. The number of nitrogens with zero attached hydrogens (tertiary/aromatic N) is 2. The normalized spacial score (nSPS) is 15.5. The van der Waals surface area contributed by atoms with E-state index in [1.807, 2.05) is 61.5 Å². The highest BCUT2D eigenvalue weighted by Crippen LogP contribution is 2.32. The van der Waals surface area contributed by atoms with Gasteiger partial charge in [-0.15, -0.1) is 10.2 Å². The predicted molar refractivity (Wildman–Crippen MR) is 126 cm³/mol. The van der Waals surface area contributed by atoms with Gasteiger partial charge in [0.05, 0.1) is 5.25 Å². The molecule has 0 aliphatic heterocycles. The Kier molecular flexibility index (Phi) is 7.02. The molecule has 1 fully saturated rings. The lowest BCUT2D eigenvalue weighted by Crippen LogP contribution is -2.22. The van der Waals surface area contributed by atoms with E-state index in [9.17, 15) is 4.79 Å². The summed E-state index contributed by atoms with van der Waals surface area (Å²) in [5.41, 5.74) is 2.91. The lowest BCUT2D eigenvalue weighted by atomic mass is 9.96. The minimum atomic E-state index is -0.274. The number of nitrogens with one attached hydrogen (secondary N) is 2. The highest BCUT2D eigenvalue weighted by Gasteiger charge is 2.20. The van der Waals surface area contributed by atoms with Crippen LogP contribution in [-0.2, 0) is 4.79 Å². The second-order valence-electron chi connectivity index (χ2n) is 7.51. The fourth-order valence-corrected chi connectivity index (χ4v) is 5.61. The molecule has 2 aromatic carbocycles. The summed E-state index contributed by atoms with van der Waals surface area (Å²) in [5, 5.41) is 15.7. The summed E-state index contributed by atoms with van der Waals surface area (Å²) in [6.45, 7) is 1.90. The van der Waals surface area contributed by atoms with Crippen molar-refractivity contribution < 1.29 is 4.79 Å². The maximum atomic E-state index is 12.8. The van der Waals surface area contributed by atoms with Crippen molar-refractivity contribution in [2.75, 3.05) is 10.6 Å². The summed E-state index contributed by atoms with van der Waals surface area (Å²) in [4.78, 5) is 12.8. The molecule has 0 bridgehead atoms. The number of hydrogen-bond acceptors (Lipinski definition) is 6. The summed E-state index contributed by atoms with van der Waals surface area (Å²) >= 11 is 2.98. The Hall–Kier alpha value is -2.38. The van der Waals surface area contributed by atoms with Crippen molar-refractivity contribution in [3.63, 3.8) is 0 Å². The van der Waals surface area contributed by atoms with Gasteiger partial charge in [-0.1, -0.05) is 90.9 Å². The van der Waals surface area contributed by atoms with Crippen molar-refractivity contribution in [1.29, 1.82) is 0 Å². The van der Waals surface area contributed by atoms with Crippen LogP contribution in [0.3, 0.4) is 0 Å². The summed E-state index contributed by atoms with van der Waals surface area (Å²) in [5.74, 6) is -0.0413. The number of rotatable bonds is 7. The van der Waals surface area contributed by atoms with Crippen LogP contribution in [0.25, 0.3) is 11.1 Å². The zero-order valence-corrected chi connectivity index (χ0v) is 18.6. The van der Waals surface area contributed by atoms with E-state index in [4.69, 9.17) is 0 Å². The Labute approximate surface area is 185 Å². The summed E-state index contributed by atoms with van der Waals surface area (Å²) in [6, 6.07) is 18.5. The summed E-state index contributed by atoms with van der Waals surface area (Å²) in [6.07, 6.45) is 6.28. The third-order valence-electron chi connectivity index (χ3n) is 5.26. The molecule has 156 valence electrons. The molecular formula is C23H26N4OS2. The van der Waals surface area contributed by atoms with E-state index in [0.29, 0.717) is 6.04 Å². The highest BCUT2D eigenvalue weighted by molar-refractivity contribution is 8.02. The zero-order valence-electron chi connectivity index (χ0n) is 17.0. The number of anilines is 2. The summed E-state index contributed by atoms with van der Waals surface area (Å²) < 4.78 is 0.812. The fourth-order valence-electron chi connectivity index (χ4n) is 3.64. The molecule has 4 rings (SSSR count). The van der Waals surface area contributed by atoms with Gasteiger partial charge in [0.15, 0.2) is 4.34 Å². The van der Waals surface area contributed by atoms with Gasteiger partial charge in [0.1, 0.15) is 0 Å². The van der Waals surface area contributed by atoms with Gasteiger partial charge in [0.2, 0.25) is 11.0 Å². The van der Waals surface area contributed by atoms with Crippen molar-refractivity contribution in [2.24, 2.45) is 0 Å². The SMILES string of the molecule is CC(Sc1nnc(NC2CCCCC2)s1)C(=O)Nc1ccccc1-c1ccccc1. The van der Waals surface area contributed by atoms with Gasteiger partial charge < -0.3 is 10.6 Å². The average molecular weight is 439 g/mol. The minimum Gasteiger partial charge on any atom is -0.357 e. The van der Waals surface area contributed by atoms with Gasteiger partial charge in [-0.2, -0.15) is 0 Å². The number of amides is 1. The molecule has 7 heteroatoms. The summed E-state index contributed by atoms with van der Waals surface area (Å²) in [7, 11) is 0. The van der Waals surface area contributed by atoms with E-state index >= 15 is 0 Å². The van der Waals surface area contributed by atoms with Gasteiger partial charge in [-0.25, -0.2) is 0 Å². The van der Waals surface area contributed by atoms with Crippen LogP contribution in [0.15, 0.2) is 58.9 Å². The van der Waals surface area contributed by atoms with Crippen molar-refractivity contribution >= 4 is 39.8 Å². The maximum absolute atomic E-state index is 12.8. The smallest absolute Gasteiger partial charge is 0.237 e. The first-order valence-electron chi connectivity index (χ1n) is 10.4. The first-order valence-corrected chi connectivity index (χ1v) is 12.1. The Balaban J connectivity index is 1.37. The molecule has 1 heterocycles. The van der Waals surface area contributed by atoms with Crippen LogP contribution in [0, 0.1) is 0 Å². The largest absolute Gasteiger partial charge is 0.357 e. The van der Waals surface area contributed by atoms with Crippen molar-refractivity contribution in [3.8, 4) is 11.1 Å². The molecule has 2 N–H and O–H groups in total. The number of benzene rings is 2. The fraction of sp³-hybridized carbons (Fsp3) is 0.348. The molecule has 1 aliphatic carbocycles. The van der Waals surface area contributed by atoms with Gasteiger partial charge in [-0.05, 0) is 31.4 Å². The molecule has 5 nitrogen and oxygen atoms in total. The second kappa shape index (κ2) is 10.1. The Morgan fingerprint density at radius 1 is 1.03 bits per heavy atom.